The van der Waals surface area contributed by atoms with E-state index in [1.807, 2.05) is 35.7 Å². The Morgan fingerprint density at radius 2 is 2.33 bits per heavy atom. The fourth-order valence-electron chi connectivity index (χ4n) is 2.93. The van der Waals surface area contributed by atoms with Crippen molar-refractivity contribution in [2.45, 2.75) is 24.9 Å². The Balaban J connectivity index is 1.95. The van der Waals surface area contributed by atoms with Crippen LogP contribution in [-0.4, -0.2) is 13.0 Å². The van der Waals surface area contributed by atoms with E-state index in [1.54, 1.807) is 18.4 Å². The Morgan fingerprint density at radius 1 is 1.48 bits per heavy atom. The first kappa shape index (κ1) is 14.1. The molecule has 5 heteroatoms. The van der Waals surface area contributed by atoms with E-state index in [0.29, 0.717) is 13.0 Å². The van der Waals surface area contributed by atoms with Crippen LogP contribution in [0.4, 0.5) is 0 Å². The van der Waals surface area contributed by atoms with Gasteiger partial charge >= 0.3 is 0 Å². The third-order valence-corrected chi connectivity index (χ3v) is 4.99. The molecule has 0 spiro atoms. The van der Waals surface area contributed by atoms with Gasteiger partial charge in [-0.1, -0.05) is 12.1 Å². The maximum Gasteiger partial charge on any atom is 0.242 e. The number of hydrogen-bond donors (Lipinski definition) is 2. The quantitative estimate of drug-likeness (QED) is 0.889. The molecule has 0 aliphatic heterocycles. The summed E-state index contributed by atoms with van der Waals surface area (Å²) in [4.78, 5) is 13.4. The Labute approximate surface area is 127 Å². The molecular weight excluding hydrogens is 284 g/mol. The number of rotatable bonds is 5. The number of primary amides is 1. The topological polar surface area (TPSA) is 64.3 Å². The summed E-state index contributed by atoms with van der Waals surface area (Å²) >= 11 is 1.67. The summed E-state index contributed by atoms with van der Waals surface area (Å²) in [7, 11) is 1.63. The van der Waals surface area contributed by atoms with Gasteiger partial charge in [0.25, 0.3) is 0 Å². The molecule has 110 valence electrons. The first-order chi connectivity index (χ1) is 10.2. The van der Waals surface area contributed by atoms with E-state index >= 15 is 0 Å². The van der Waals surface area contributed by atoms with Gasteiger partial charge in [-0.15, -0.1) is 11.3 Å². The van der Waals surface area contributed by atoms with Gasteiger partial charge in [0.2, 0.25) is 5.91 Å². The average Bonchev–Trinajstić information content (AvgIpc) is 3.12. The molecule has 1 aromatic carbocycles. The van der Waals surface area contributed by atoms with Gasteiger partial charge in [0.1, 0.15) is 11.3 Å². The predicted molar refractivity (Wildman–Crippen MR) is 83.3 cm³/mol. The third-order valence-electron chi connectivity index (χ3n) is 4.11. The zero-order valence-corrected chi connectivity index (χ0v) is 12.7. The van der Waals surface area contributed by atoms with Crippen LogP contribution < -0.4 is 15.8 Å². The fraction of sp³-hybridized carbons (Fsp3) is 0.312. The zero-order chi connectivity index (χ0) is 14.9. The molecule has 0 radical (unpaired) electrons. The standard InChI is InChI=1S/C16H18N2O2S/c1-20-12-5-4-11-6-7-16(15(17)19,14(11)9-12)18-10-13-3-2-8-21-13/h2-5,8-9,18H,6-7,10H2,1H3,(H2,17,19). The molecule has 21 heavy (non-hydrogen) atoms. The molecular formula is C16H18N2O2S. The highest BCUT2D eigenvalue weighted by Gasteiger charge is 2.43. The van der Waals surface area contributed by atoms with Crippen molar-refractivity contribution in [1.29, 1.82) is 0 Å². The van der Waals surface area contributed by atoms with E-state index in [-0.39, 0.29) is 5.91 Å². The number of aryl methyl sites for hydroxylation is 1. The molecule has 1 aliphatic carbocycles. The van der Waals surface area contributed by atoms with Gasteiger partial charge in [-0.05, 0) is 47.5 Å². The average molecular weight is 302 g/mol. The van der Waals surface area contributed by atoms with Crippen molar-refractivity contribution in [2.24, 2.45) is 5.73 Å². The van der Waals surface area contributed by atoms with Gasteiger partial charge in [-0.3, -0.25) is 10.1 Å². The minimum Gasteiger partial charge on any atom is -0.497 e. The first-order valence-electron chi connectivity index (χ1n) is 6.90. The maximum atomic E-state index is 12.2. The van der Waals surface area contributed by atoms with Crippen LogP contribution in [0.3, 0.4) is 0 Å². The number of carbonyl (C=O) groups is 1. The minimum atomic E-state index is -0.798. The van der Waals surface area contributed by atoms with Crippen LogP contribution in [0.2, 0.25) is 0 Å². The molecule has 3 rings (SSSR count). The van der Waals surface area contributed by atoms with Gasteiger partial charge in [-0.25, -0.2) is 0 Å². The fourth-order valence-corrected chi connectivity index (χ4v) is 3.58. The summed E-state index contributed by atoms with van der Waals surface area (Å²) in [6.07, 6.45) is 1.54. The minimum absolute atomic E-state index is 0.328. The third kappa shape index (κ3) is 2.43. The second-order valence-electron chi connectivity index (χ2n) is 5.23. The molecule has 1 amide bonds. The SMILES string of the molecule is COc1ccc2c(c1)C(NCc1cccs1)(C(N)=O)CC2. The van der Waals surface area contributed by atoms with Gasteiger partial charge in [-0.2, -0.15) is 0 Å². The van der Waals surface area contributed by atoms with Crippen molar-refractivity contribution >= 4 is 17.2 Å². The molecule has 1 heterocycles. The molecule has 1 atom stereocenters. The van der Waals surface area contributed by atoms with Crippen molar-refractivity contribution in [3.63, 3.8) is 0 Å². The number of fused-ring (bicyclic) bond motifs is 1. The number of nitrogens with two attached hydrogens (primary N) is 1. The number of hydrogen-bond acceptors (Lipinski definition) is 4. The molecule has 2 aromatic rings. The van der Waals surface area contributed by atoms with Crippen LogP contribution in [0.15, 0.2) is 35.7 Å². The lowest BCUT2D eigenvalue weighted by atomic mass is 9.90. The summed E-state index contributed by atoms with van der Waals surface area (Å²) in [5.74, 6) is 0.422. The Bertz CT molecular complexity index is 654. The first-order valence-corrected chi connectivity index (χ1v) is 7.78. The Hall–Kier alpha value is -1.85. The molecule has 0 fully saturated rings. The van der Waals surface area contributed by atoms with Crippen molar-refractivity contribution in [3.05, 3.63) is 51.7 Å². The largest absolute Gasteiger partial charge is 0.497 e. The molecule has 0 bridgehead atoms. The van der Waals surface area contributed by atoms with E-state index < -0.39 is 5.54 Å². The predicted octanol–water partition coefficient (Wildman–Crippen LogP) is 2.17. The van der Waals surface area contributed by atoms with Crippen LogP contribution in [0.1, 0.15) is 22.4 Å². The molecule has 1 aliphatic rings. The van der Waals surface area contributed by atoms with Crippen molar-refractivity contribution in [2.75, 3.05) is 7.11 Å². The van der Waals surface area contributed by atoms with Gasteiger partial charge in [0.15, 0.2) is 0 Å². The molecule has 3 N–H and O–H groups in total. The van der Waals surface area contributed by atoms with E-state index in [9.17, 15) is 4.79 Å². The summed E-state index contributed by atoms with van der Waals surface area (Å²) < 4.78 is 5.29. The molecule has 0 saturated heterocycles. The Kier molecular flexibility index (Phi) is 3.69. The Morgan fingerprint density at radius 3 is 3.00 bits per heavy atom. The van der Waals surface area contributed by atoms with Gasteiger partial charge in [0, 0.05) is 11.4 Å². The second kappa shape index (κ2) is 5.50. The number of nitrogens with one attached hydrogen (secondary N) is 1. The van der Waals surface area contributed by atoms with Gasteiger partial charge in [0.05, 0.1) is 7.11 Å². The van der Waals surface area contributed by atoms with Gasteiger partial charge < -0.3 is 10.5 Å². The monoisotopic (exact) mass is 302 g/mol. The molecule has 1 unspecified atom stereocenters. The van der Waals surface area contributed by atoms with E-state index in [2.05, 4.69) is 5.32 Å². The maximum absolute atomic E-state index is 12.2. The number of amides is 1. The van der Waals surface area contributed by atoms with E-state index in [4.69, 9.17) is 10.5 Å². The summed E-state index contributed by atoms with van der Waals surface area (Å²) in [6.45, 7) is 0.636. The lowest BCUT2D eigenvalue weighted by molar-refractivity contribution is -0.124. The van der Waals surface area contributed by atoms with Crippen LogP contribution in [0, 0.1) is 0 Å². The van der Waals surface area contributed by atoms with Crippen LogP contribution in [-0.2, 0) is 23.3 Å². The normalized spacial score (nSPS) is 20.2. The summed E-state index contributed by atoms with van der Waals surface area (Å²) in [6, 6.07) is 9.92. The smallest absolute Gasteiger partial charge is 0.242 e. The summed E-state index contributed by atoms with van der Waals surface area (Å²) in [5.41, 5.74) is 7.05. The number of ether oxygens (including phenoxy) is 1. The second-order valence-corrected chi connectivity index (χ2v) is 6.26. The number of benzene rings is 1. The van der Waals surface area contributed by atoms with Crippen LogP contribution in [0.25, 0.3) is 0 Å². The highest BCUT2D eigenvalue weighted by Crippen LogP contribution is 2.39. The highest BCUT2D eigenvalue weighted by molar-refractivity contribution is 7.09. The molecule has 1 aromatic heterocycles. The van der Waals surface area contributed by atoms with Crippen molar-refractivity contribution in [1.82, 2.24) is 5.32 Å². The molecule has 0 saturated carbocycles. The lowest BCUT2D eigenvalue weighted by Gasteiger charge is -2.28. The van der Waals surface area contributed by atoms with E-state index in [1.165, 1.54) is 4.88 Å². The van der Waals surface area contributed by atoms with Crippen molar-refractivity contribution < 1.29 is 9.53 Å². The summed E-state index contributed by atoms with van der Waals surface area (Å²) in [5, 5.41) is 5.41. The lowest BCUT2D eigenvalue weighted by Crippen LogP contribution is -2.50. The van der Waals surface area contributed by atoms with Crippen LogP contribution >= 0.6 is 11.3 Å². The van der Waals surface area contributed by atoms with E-state index in [0.717, 1.165) is 23.3 Å². The molecule has 4 nitrogen and oxygen atoms in total. The van der Waals surface area contributed by atoms with Crippen molar-refractivity contribution in [3.8, 4) is 5.75 Å². The van der Waals surface area contributed by atoms with Crippen LogP contribution in [0.5, 0.6) is 5.75 Å². The number of thiophene rings is 1. The zero-order valence-electron chi connectivity index (χ0n) is 11.9. The highest BCUT2D eigenvalue weighted by atomic mass is 32.1. The number of carbonyl (C=O) groups excluding carboxylic acids is 1. The number of methoxy groups -OCH3 is 1.